The Morgan fingerprint density at radius 1 is 1.45 bits per heavy atom. The van der Waals surface area contributed by atoms with Gasteiger partial charge in [0, 0.05) is 6.04 Å². The molecule has 0 aliphatic heterocycles. The number of hydrogen-bond acceptors (Lipinski definition) is 2. The SMILES string of the molecule is CC(C)C(O)C(N)CC1CC1. The van der Waals surface area contributed by atoms with Gasteiger partial charge in [-0.25, -0.2) is 0 Å². The van der Waals surface area contributed by atoms with Crippen LogP contribution < -0.4 is 5.73 Å². The standard InChI is InChI=1S/C9H19NO/c1-6(2)9(11)8(10)5-7-3-4-7/h6-9,11H,3-5,10H2,1-2H3. The van der Waals surface area contributed by atoms with Gasteiger partial charge in [-0.15, -0.1) is 0 Å². The molecule has 1 fully saturated rings. The number of hydrogen-bond donors (Lipinski definition) is 2. The van der Waals surface area contributed by atoms with Crippen LogP contribution in [0.1, 0.15) is 33.1 Å². The van der Waals surface area contributed by atoms with Crippen molar-refractivity contribution in [3.8, 4) is 0 Å². The summed E-state index contributed by atoms with van der Waals surface area (Å²) in [4.78, 5) is 0. The van der Waals surface area contributed by atoms with E-state index in [0.717, 1.165) is 12.3 Å². The molecule has 2 unspecified atom stereocenters. The lowest BCUT2D eigenvalue weighted by atomic mass is 9.96. The fourth-order valence-electron chi connectivity index (χ4n) is 1.37. The van der Waals surface area contributed by atoms with Crippen molar-refractivity contribution in [3.63, 3.8) is 0 Å². The Morgan fingerprint density at radius 3 is 2.36 bits per heavy atom. The summed E-state index contributed by atoms with van der Waals surface area (Å²) in [5.41, 5.74) is 5.81. The first-order valence-electron chi connectivity index (χ1n) is 4.55. The molecule has 66 valence electrons. The highest BCUT2D eigenvalue weighted by atomic mass is 16.3. The molecule has 0 aromatic carbocycles. The van der Waals surface area contributed by atoms with Crippen LogP contribution in [0.25, 0.3) is 0 Å². The van der Waals surface area contributed by atoms with Crippen molar-refractivity contribution in [3.05, 3.63) is 0 Å². The van der Waals surface area contributed by atoms with Gasteiger partial charge < -0.3 is 10.8 Å². The molecule has 2 atom stereocenters. The number of rotatable bonds is 4. The zero-order valence-electron chi connectivity index (χ0n) is 7.46. The monoisotopic (exact) mass is 157 g/mol. The molecule has 3 N–H and O–H groups in total. The van der Waals surface area contributed by atoms with E-state index in [9.17, 15) is 5.11 Å². The smallest absolute Gasteiger partial charge is 0.0714 e. The Hall–Kier alpha value is -0.0800. The lowest BCUT2D eigenvalue weighted by Gasteiger charge is -2.21. The quantitative estimate of drug-likeness (QED) is 0.642. The molecule has 0 aromatic rings. The summed E-state index contributed by atoms with van der Waals surface area (Å²) in [6.07, 6.45) is 3.34. The summed E-state index contributed by atoms with van der Waals surface area (Å²) in [5.74, 6) is 1.11. The third kappa shape index (κ3) is 2.80. The van der Waals surface area contributed by atoms with Gasteiger partial charge in [-0.3, -0.25) is 0 Å². The van der Waals surface area contributed by atoms with Gasteiger partial charge in [-0.05, 0) is 18.3 Å². The minimum absolute atomic E-state index is 0.00231. The Kier molecular flexibility index (Phi) is 2.90. The van der Waals surface area contributed by atoms with Crippen molar-refractivity contribution in [1.29, 1.82) is 0 Å². The minimum Gasteiger partial charge on any atom is -0.391 e. The minimum atomic E-state index is -0.310. The van der Waals surface area contributed by atoms with E-state index in [1.54, 1.807) is 0 Å². The van der Waals surface area contributed by atoms with Gasteiger partial charge in [0.05, 0.1) is 6.10 Å². The van der Waals surface area contributed by atoms with Gasteiger partial charge in [0.2, 0.25) is 0 Å². The highest BCUT2D eigenvalue weighted by Crippen LogP contribution is 2.34. The van der Waals surface area contributed by atoms with Crippen molar-refractivity contribution >= 4 is 0 Å². The van der Waals surface area contributed by atoms with Crippen LogP contribution >= 0.6 is 0 Å². The van der Waals surface area contributed by atoms with Crippen molar-refractivity contribution in [2.45, 2.75) is 45.3 Å². The van der Waals surface area contributed by atoms with Crippen LogP contribution in [0.15, 0.2) is 0 Å². The molecule has 2 nitrogen and oxygen atoms in total. The van der Waals surface area contributed by atoms with E-state index in [-0.39, 0.29) is 12.1 Å². The second kappa shape index (κ2) is 3.55. The van der Waals surface area contributed by atoms with Gasteiger partial charge in [0.1, 0.15) is 0 Å². The van der Waals surface area contributed by atoms with E-state index in [2.05, 4.69) is 0 Å². The van der Waals surface area contributed by atoms with Gasteiger partial charge in [-0.1, -0.05) is 26.7 Å². The van der Waals surface area contributed by atoms with Crippen molar-refractivity contribution in [2.24, 2.45) is 17.6 Å². The maximum Gasteiger partial charge on any atom is 0.0714 e. The maximum absolute atomic E-state index is 9.55. The maximum atomic E-state index is 9.55. The average Bonchev–Trinajstić information content (AvgIpc) is 2.69. The van der Waals surface area contributed by atoms with E-state index >= 15 is 0 Å². The third-order valence-electron chi connectivity index (χ3n) is 2.42. The average molecular weight is 157 g/mol. The third-order valence-corrected chi connectivity index (χ3v) is 2.42. The molecule has 1 saturated carbocycles. The van der Waals surface area contributed by atoms with Gasteiger partial charge in [0.15, 0.2) is 0 Å². The van der Waals surface area contributed by atoms with Crippen LogP contribution in [0.5, 0.6) is 0 Å². The van der Waals surface area contributed by atoms with Gasteiger partial charge in [0.25, 0.3) is 0 Å². The summed E-state index contributed by atoms with van der Waals surface area (Å²) in [7, 11) is 0. The van der Waals surface area contributed by atoms with Crippen LogP contribution in [0.4, 0.5) is 0 Å². The zero-order valence-corrected chi connectivity index (χ0v) is 7.46. The van der Waals surface area contributed by atoms with Crippen LogP contribution in [-0.4, -0.2) is 17.3 Å². The molecule has 0 radical (unpaired) electrons. The molecule has 2 heteroatoms. The predicted octanol–water partition coefficient (Wildman–Crippen LogP) is 1.13. The summed E-state index contributed by atoms with van der Waals surface area (Å²) in [5, 5.41) is 9.55. The topological polar surface area (TPSA) is 46.2 Å². The van der Waals surface area contributed by atoms with Crippen molar-refractivity contribution in [2.75, 3.05) is 0 Å². The van der Waals surface area contributed by atoms with E-state index in [0.29, 0.717) is 5.92 Å². The number of nitrogens with two attached hydrogens (primary N) is 1. The van der Waals surface area contributed by atoms with Crippen molar-refractivity contribution < 1.29 is 5.11 Å². The summed E-state index contributed by atoms with van der Waals surface area (Å²) in [6.45, 7) is 4.02. The zero-order chi connectivity index (χ0) is 8.43. The first kappa shape index (κ1) is 9.01. The van der Waals surface area contributed by atoms with E-state index in [1.807, 2.05) is 13.8 Å². The number of aliphatic hydroxyl groups excluding tert-OH is 1. The molecular weight excluding hydrogens is 138 g/mol. The summed E-state index contributed by atoms with van der Waals surface area (Å²) >= 11 is 0. The second-order valence-electron chi connectivity index (χ2n) is 4.08. The van der Waals surface area contributed by atoms with Gasteiger partial charge in [-0.2, -0.15) is 0 Å². The normalized spacial score (nSPS) is 23.7. The lowest BCUT2D eigenvalue weighted by molar-refractivity contribution is 0.0926. The molecule has 0 amide bonds. The summed E-state index contributed by atoms with van der Waals surface area (Å²) < 4.78 is 0. The van der Waals surface area contributed by atoms with E-state index in [1.165, 1.54) is 12.8 Å². The molecular formula is C9H19NO. The molecule has 1 aliphatic rings. The van der Waals surface area contributed by atoms with E-state index in [4.69, 9.17) is 5.73 Å². The molecule has 1 rings (SSSR count). The van der Waals surface area contributed by atoms with Crippen LogP contribution in [0, 0.1) is 11.8 Å². The molecule has 0 heterocycles. The fourth-order valence-corrected chi connectivity index (χ4v) is 1.37. The first-order chi connectivity index (χ1) is 5.11. The Bertz CT molecular complexity index is 121. The molecule has 0 saturated heterocycles. The van der Waals surface area contributed by atoms with Gasteiger partial charge >= 0.3 is 0 Å². The lowest BCUT2D eigenvalue weighted by Crippen LogP contribution is -2.38. The molecule has 0 spiro atoms. The highest BCUT2D eigenvalue weighted by Gasteiger charge is 2.27. The van der Waals surface area contributed by atoms with Crippen LogP contribution in [0.3, 0.4) is 0 Å². The highest BCUT2D eigenvalue weighted by molar-refractivity contribution is 4.83. The Balaban J connectivity index is 2.20. The molecule has 0 aromatic heterocycles. The Morgan fingerprint density at radius 2 is 2.00 bits per heavy atom. The Labute approximate surface area is 68.8 Å². The number of aliphatic hydroxyl groups is 1. The molecule has 11 heavy (non-hydrogen) atoms. The predicted molar refractivity (Wildman–Crippen MR) is 46.2 cm³/mol. The van der Waals surface area contributed by atoms with Crippen LogP contribution in [-0.2, 0) is 0 Å². The second-order valence-corrected chi connectivity index (χ2v) is 4.08. The molecule has 0 bridgehead atoms. The fraction of sp³-hybridized carbons (Fsp3) is 1.00. The van der Waals surface area contributed by atoms with Crippen LogP contribution in [0.2, 0.25) is 0 Å². The largest absolute Gasteiger partial charge is 0.391 e. The molecule has 1 aliphatic carbocycles. The first-order valence-corrected chi connectivity index (χ1v) is 4.55. The van der Waals surface area contributed by atoms with Crippen molar-refractivity contribution in [1.82, 2.24) is 0 Å². The summed E-state index contributed by atoms with van der Waals surface area (Å²) in [6, 6.07) is 0.00231. The van der Waals surface area contributed by atoms with E-state index < -0.39 is 0 Å².